The first-order valence-corrected chi connectivity index (χ1v) is 7.90. The van der Waals surface area contributed by atoms with Crippen LogP contribution in [0.25, 0.3) is 11.1 Å². The van der Waals surface area contributed by atoms with Gasteiger partial charge in [0.15, 0.2) is 9.84 Å². The third-order valence-electron chi connectivity index (χ3n) is 3.12. The van der Waals surface area contributed by atoms with Gasteiger partial charge in [-0.05, 0) is 35.4 Å². The second-order valence-corrected chi connectivity index (χ2v) is 6.78. The Kier molecular flexibility index (Phi) is 4.09. The van der Waals surface area contributed by atoms with Crippen LogP contribution in [0.15, 0.2) is 53.4 Å². The summed E-state index contributed by atoms with van der Waals surface area (Å²) in [6, 6.07) is 10.8. The molecule has 0 aromatic heterocycles. The predicted molar refractivity (Wildman–Crippen MR) is 74.6 cm³/mol. The van der Waals surface area contributed by atoms with Crippen molar-refractivity contribution < 1.29 is 21.6 Å². The normalized spacial score (nSPS) is 12.4. The van der Waals surface area contributed by atoms with E-state index in [1.54, 1.807) is 19.1 Å². The van der Waals surface area contributed by atoms with Gasteiger partial charge in [-0.2, -0.15) is 13.2 Å². The van der Waals surface area contributed by atoms with E-state index in [1.807, 2.05) is 0 Å². The highest BCUT2D eigenvalue weighted by Crippen LogP contribution is 2.31. The highest BCUT2D eigenvalue weighted by Gasteiger charge is 2.29. The summed E-state index contributed by atoms with van der Waals surface area (Å²) in [6.45, 7) is 1.54. The molecule has 0 radical (unpaired) electrons. The molecule has 21 heavy (non-hydrogen) atoms. The van der Waals surface area contributed by atoms with Crippen LogP contribution < -0.4 is 0 Å². The van der Waals surface area contributed by atoms with Crippen LogP contribution in [0.5, 0.6) is 0 Å². The van der Waals surface area contributed by atoms with Gasteiger partial charge in [0.25, 0.3) is 0 Å². The van der Waals surface area contributed by atoms with Crippen LogP contribution in [0.1, 0.15) is 12.5 Å². The monoisotopic (exact) mass is 314 g/mol. The summed E-state index contributed by atoms with van der Waals surface area (Å²) in [5.41, 5.74) is 0.373. The zero-order chi connectivity index (χ0) is 15.7. The fourth-order valence-corrected chi connectivity index (χ4v) is 2.81. The Bertz CT molecular complexity index is 732. The van der Waals surface area contributed by atoms with Crippen molar-refractivity contribution in [3.8, 4) is 11.1 Å². The van der Waals surface area contributed by atoms with Gasteiger partial charge < -0.3 is 0 Å². The molecule has 112 valence electrons. The average Bonchev–Trinajstić information content (AvgIpc) is 2.46. The summed E-state index contributed by atoms with van der Waals surface area (Å²) in [5.74, 6) is -0.0243. The van der Waals surface area contributed by atoms with Gasteiger partial charge in [0, 0.05) is 0 Å². The summed E-state index contributed by atoms with van der Waals surface area (Å²) in [7, 11) is -3.34. The summed E-state index contributed by atoms with van der Waals surface area (Å²) in [4.78, 5) is 0.169. The molecule has 0 saturated heterocycles. The van der Waals surface area contributed by atoms with E-state index >= 15 is 0 Å². The van der Waals surface area contributed by atoms with Gasteiger partial charge in [0.2, 0.25) is 0 Å². The van der Waals surface area contributed by atoms with Crippen molar-refractivity contribution in [1.29, 1.82) is 0 Å². The SMILES string of the molecule is CCS(=O)(=O)c1cccc(-c2ccc(C(F)(F)F)cc2)c1. The Hall–Kier alpha value is -1.82. The third kappa shape index (κ3) is 3.44. The summed E-state index contributed by atoms with van der Waals surface area (Å²) in [5, 5.41) is 0. The van der Waals surface area contributed by atoms with Crippen LogP contribution in [0.3, 0.4) is 0 Å². The quantitative estimate of drug-likeness (QED) is 0.852. The van der Waals surface area contributed by atoms with E-state index in [4.69, 9.17) is 0 Å². The van der Waals surface area contributed by atoms with Crippen molar-refractivity contribution in [2.24, 2.45) is 0 Å². The molecule has 0 aliphatic rings. The molecule has 2 aromatic carbocycles. The van der Waals surface area contributed by atoms with E-state index in [1.165, 1.54) is 24.3 Å². The van der Waals surface area contributed by atoms with Crippen molar-refractivity contribution in [3.63, 3.8) is 0 Å². The second kappa shape index (κ2) is 5.52. The molecular formula is C15H13F3O2S. The fourth-order valence-electron chi connectivity index (χ4n) is 1.89. The van der Waals surface area contributed by atoms with E-state index in [0.717, 1.165) is 12.1 Å². The van der Waals surface area contributed by atoms with Gasteiger partial charge in [-0.25, -0.2) is 8.42 Å². The van der Waals surface area contributed by atoms with Crippen LogP contribution in [-0.4, -0.2) is 14.2 Å². The molecule has 0 spiro atoms. The summed E-state index contributed by atoms with van der Waals surface area (Å²) in [6.07, 6.45) is -4.38. The maximum Gasteiger partial charge on any atom is 0.416 e. The lowest BCUT2D eigenvalue weighted by Gasteiger charge is -2.09. The number of hydrogen-bond donors (Lipinski definition) is 0. The Labute approximate surface area is 121 Å². The van der Waals surface area contributed by atoms with Crippen LogP contribution in [0.2, 0.25) is 0 Å². The average molecular weight is 314 g/mol. The molecule has 2 rings (SSSR count). The topological polar surface area (TPSA) is 34.1 Å². The molecular weight excluding hydrogens is 301 g/mol. The largest absolute Gasteiger partial charge is 0.416 e. The zero-order valence-corrected chi connectivity index (χ0v) is 12.0. The molecule has 0 fully saturated rings. The van der Waals surface area contributed by atoms with Gasteiger partial charge in [0.05, 0.1) is 16.2 Å². The summed E-state index contributed by atoms with van der Waals surface area (Å²) < 4.78 is 61.2. The van der Waals surface area contributed by atoms with Crippen LogP contribution >= 0.6 is 0 Å². The predicted octanol–water partition coefficient (Wildman–Crippen LogP) is 4.17. The first-order valence-electron chi connectivity index (χ1n) is 6.24. The molecule has 2 aromatic rings. The second-order valence-electron chi connectivity index (χ2n) is 4.51. The van der Waals surface area contributed by atoms with Crippen LogP contribution in [0, 0.1) is 0 Å². The van der Waals surface area contributed by atoms with Gasteiger partial charge >= 0.3 is 6.18 Å². The van der Waals surface area contributed by atoms with Crippen LogP contribution in [0.4, 0.5) is 13.2 Å². The van der Waals surface area contributed by atoms with E-state index in [0.29, 0.717) is 11.1 Å². The van der Waals surface area contributed by atoms with E-state index in [2.05, 4.69) is 0 Å². The van der Waals surface area contributed by atoms with E-state index in [9.17, 15) is 21.6 Å². The highest BCUT2D eigenvalue weighted by atomic mass is 32.2. The first kappa shape index (κ1) is 15.6. The minimum Gasteiger partial charge on any atom is -0.224 e. The van der Waals surface area contributed by atoms with Gasteiger partial charge in [-0.3, -0.25) is 0 Å². The standard InChI is InChI=1S/C15H13F3O2S/c1-2-21(19,20)14-5-3-4-12(10-14)11-6-8-13(9-7-11)15(16,17)18/h3-10H,2H2,1H3. The summed E-state index contributed by atoms with van der Waals surface area (Å²) >= 11 is 0. The molecule has 0 N–H and O–H groups in total. The lowest BCUT2D eigenvalue weighted by Crippen LogP contribution is -2.04. The molecule has 6 heteroatoms. The van der Waals surface area contributed by atoms with Gasteiger partial charge in [-0.15, -0.1) is 0 Å². The minimum atomic E-state index is -4.38. The molecule has 0 aliphatic heterocycles. The molecule has 0 unspecified atom stereocenters. The van der Waals surface area contributed by atoms with Crippen molar-refractivity contribution in [1.82, 2.24) is 0 Å². The number of hydrogen-bond acceptors (Lipinski definition) is 2. The zero-order valence-electron chi connectivity index (χ0n) is 11.2. The number of sulfone groups is 1. The number of halogens is 3. The van der Waals surface area contributed by atoms with E-state index in [-0.39, 0.29) is 10.6 Å². The number of benzene rings is 2. The lowest BCUT2D eigenvalue weighted by atomic mass is 10.0. The van der Waals surface area contributed by atoms with Gasteiger partial charge in [0.1, 0.15) is 0 Å². The molecule has 0 saturated carbocycles. The molecule has 2 nitrogen and oxygen atoms in total. The molecule has 0 aliphatic carbocycles. The first-order chi connectivity index (χ1) is 9.74. The smallest absolute Gasteiger partial charge is 0.224 e. The maximum atomic E-state index is 12.5. The minimum absolute atomic E-state index is 0.0243. The van der Waals surface area contributed by atoms with E-state index < -0.39 is 21.6 Å². The third-order valence-corrected chi connectivity index (χ3v) is 4.85. The van der Waals surface area contributed by atoms with Crippen LogP contribution in [-0.2, 0) is 16.0 Å². The molecule has 0 amide bonds. The lowest BCUT2D eigenvalue weighted by molar-refractivity contribution is -0.137. The Morgan fingerprint density at radius 3 is 2.10 bits per heavy atom. The number of alkyl halides is 3. The number of rotatable bonds is 3. The fraction of sp³-hybridized carbons (Fsp3) is 0.200. The Morgan fingerprint density at radius 1 is 0.952 bits per heavy atom. The molecule has 0 heterocycles. The van der Waals surface area contributed by atoms with Crippen molar-refractivity contribution >= 4 is 9.84 Å². The Balaban J connectivity index is 2.42. The van der Waals surface area contributed by atoms with Gasteiger partial charge in [-0.1, -0.05) is 31.2 Å². The van der Waals surface area contributed by atoms with Crippen molar-refractivity contribution in [3.05, 3.63) is 54.1 Å². The van der Waals surface area contributed by atoms with Crippen molar-refractivity contribution in [2.75, 3.05) is 5.75 Å². The highest BCUT2D eigenvalue weighted by molar-refractivity contribution is 7.91. The molecule has 0 atom stereocenters. The molecule has 0 bridgehead atoms. The Morgan fingerprint density at radius 2 is 1.57 bits per heavy atom. The maximum absolute atomic E-state index is 12.5. The van der Waals surface area contributed by atoms with Crippen molar-refractivity contribution in [2.45, 2.75) is 18.0 Å².